The van der Waals surface area contributed by atoms with Gasteiger partial charge in [0.15, 0.2) is 0 Å². The van der Waals surface area contributed by atoms with E-state index in [1.807, 2.05) is 6.92 Å². The van der Waals surface area contributed by atoms with Crippen LogP contribution in [-0.2, 0) is 4.79 Å². The fraction of sp³-hybridized carbons (Fsp3) is 0.850. The SMILES string of the molecule is C/C(=C/CC1CC2(C)CCC(C(C)C)C2(O)CCC1(C)O)C(=O)O. The Balaban J connectivity index is 2.30. The summed E-state index contributed by atoms with van der Waals surface area (Å²) in [6, 6.07) is 0. The van der Waals surface area contributed by atoms with E-state index in [0.29, 0.717) is 30.8 Å². The van der Waals surface area contributed by atoms with Crippen LogP contribution in [-0.4, -0.2) is 32.5 Å². The molecule has 2 fully saturated rings. The molecule has 24 heavy (non-hydrogen) atoms. The largest absolute Gasteiger partial charge is 0.478 e. The molecule has 2 aliphatic rings. The zero-order valence-corrected chi connectivity index (χ0v) is 15.8. The highest BCUT2D eigenvalue weighted by atomic mass is 16.4. The van der Waals surface area contributed by atoms with Crippen molar-refractivity contribution in [3.8, 4) is 0 Å². The van der Waals surface area contributed by atoms with E-state index in [1.165, 1.54) is 0 Å². The zero-order chi connectivity index (χ0) is 18.3. The van der Waals surface area contributed by atoms with Crippen molar-refractivity contribution in [1.29, 1.82) is 0 Å². The van der Waals surface area contributed by atoms with Gasteiger partial charge in [-0.05, 0) is 75.5 Å². The molecule has 2 rings (SSSR count). The Hall–Kier alpha value is -0.870. The van der Waals surface area contributed by atoms with Crippen molar-refractivity contribution < 1.29 is 20.1 Å². The zero-order valence-electron chi connectivity index (χ0n) is 15.8. The van der Waals surface area contributed by atoms with Crippen molar-refractivity contribution in [2.45, 2.75) is 84.3 Å². The molecule has 2 aliphatic carbocycles. The number of rotatable bonds is 4. The summed E-state index contributed by atoms with van der Waals surface area (Å²) in [6.07, 6.45) is 6.20. The lowest BCUT2D eigenvalue weighted by Crippen LogP contribution is -2.47. The van der Waals surface area contributed by atoms with E-state index in [1.54, 1.807) is 13.0 Å². The highest BCUT2D eigenvalue weighted by Crippen LogP contribution is 2.60. The summed E-state index contributed by atoms with van der Waals surface area (Å²) in [5, 5.41) is 31.6. The molecule has 0 radical (unpaired) electrons. The molecule has 0 aromatic carbocycles. The summed E-state index contributed by atoms with van der Waals surface area (Å²) in [5.74, 6) is -0.246. The third-order valence-corrected chi connectivity index (χ3v) is 7.11. The molecule has 0 aliphatic heterocycles. The van der Waals surface area contributed by atoms with Gasteiger partial charge in [0.1, 0.15) is 0 Å². The van der Waals surface area contributed by atoms with Crippen LogP contribution in [0.3, 0.4) is 0 Å². The van der Waals surface area contributed by atoms with Crippen molar-refractivity contribution in [2.24, 2.45) is 23.2 Å². The molecule has 0 bridgehead atoms. The van der Waals surface area contributed by atoms with Gasteiger partial charge in [-0.15, -0.1) is 0 Å². The Labute approximate surface area is 146 Å². The van der Waals surface area contributed by atoms with Crippen LogP contribution >= 0.6 is 0 Å². The number of allylic oxidation sites excluding steroid dienone is 1. The molecule has 0 amide bonds. The molecule has 0 spiro atoms. The van der Waals surface area contributed by atoms with Gasteiger partial charge in [-0.3, -0.25) is 0 Å². The number of aliphatic hydroxyl groups is 2. The molecule has 4 heteroatoms. The van der Waals surface area contributed by atoms with Crippen LogP contribution in [0, 0.1) is 23.2 Å². The van der Waals surface area contributed by atoms with Gasteiger partial charge in [-0.1, -0.05) is 26.8 Å². The molecular formula is C20H34O4. The molecular weight excluding hydrogens is 304 g/mol. The maximum Gasteiger partial charge on any atom is 0.330 e. The molecule has 2 saturated carbocycles. The predicted octanol–water partition coefficient (Wildman–Crippen LogP) is 3.76. The fourth-order valence-corrected chi connectivity index (χ4v) is 5.18. The maximum absolute atomic E-state index is 11.6. The minimum Gasteiger partial charge on any atom is -0.478 e. The molecule has 0 aromatic rings. The standard InChI is InChI=1S/C20H34O4/c1-13(2)16-8-9-18(4)12-15(7-6-14(3)17(21)22)19(5,23)10-11-20(16,18)24/h6,13,15-16,23-24H,7-12H2,1-5H3,(H,21,22)/b14-6-. The molecule has 5 unspecified atom stereocenters. The third kappa shape index (κ3) is 3.28. The van der Waals surface area contributed by atoms with Gasteiger partial charge in [0.05, 0.1) is 11.2 Å². The van der Waals surface area contributed by atoms with Gasteiger partial charge >= 0.3 is 5.97 Å². The van der Waals surface area contributed by atoms with Crippen LogP contribution in [0.25, 0.3) is 0 Å². The van der Waals surface area contributed by atoms with Crippen LogP contribution in [0.1, 0.15) is 73.1 Å². The summed E-state index contributed by atoms with van der Waals surface area (Å²) in [4.78, 5) is 11.0. The van der Waals surface area contributed by atoms with Crippen molar-refractivity contribution in [2.75, 3.05) is 0 Å². The van der Waals surface area contributed by atoms with Gasteiger partial charge < -0.3 is 15.3 Å². The summed E-state index contributed by atoms with van der Waals surface area (Å²) in [5.41, 5.74) is -1.49. The first kappa shape index (κ1) is 19.5. The second kappa shape index (κ2) is 6.45. The number of carboxylic acids is 1. The first-order chi connectivity index (χ1) is 10.9. The average Bonchev–Trinajstić information content (AvgIpc) is 2.69. The van der Waals surface area contributed by atoms with Gasteiger partial charge in [-0.2, -0.15) is 0 Å². The van der Waals surface area contributed by atoms with E-state index in [2.05, 4.69) is 20.8 Å². The highest BCUT2D eigenvalue weighted by Gasteiger charge is 2.60. The van der Waals surface area contributed by atoms with Crippen LogP contribution in [0.4, 0.5) is 0 Å². The number of carboxylic acid groups (broad SMARTS) is 1. The van der Waals surface area contributed by atoms with Crippen LogP contribution in [0.5, 0.6) is 0 Å². The monoisotopic (exact) mass is 338 g/mol. The van der Waals surface area contributed by atoms with Gasteiger partial charge in [0, 0.05) is 5.57 Å². The predicted molar refractivity (Wildman–Crippen MR) is 94.6 cm³/mol. The lowest BCUT2D eigenvalue weighted by Gasteiger charge is -2.44. The molecule has 4 nitrogen and oxygen atoms in total. The van der Waals surface area contributed by atoms with E-state index in [0.717, 1.165) is 19.3 Å². The third-order valence-electron chi connectivity index (χ3n) is 7.11. The quantitative estimate of drug-likeness (QED) is 0.682. The van der Waals surface area contributed by atoms with Crippen molar-refractivity contribution in [3.05, 3.63) is 11.6 Å². The summed E-state index contributed by atoms with van der Waals surface area (Å²) in [7, 11) is 0. The summed E-state index contributed by atoms with van der Waals surface area (Å²) >= 11 is 0. The number of aliphatic carboxylic acids is 1. The smallest absolute Gasteiger partial charge is 0.330 e. The van der Waals surface area contributed by atoms with Crippen LogP contribution in [0.15, 0.2) is 11.6 Å². The van der Waals surface area contributed by atoms with Gasteiger partial charge in [0.2, 0.25) is 0 Å². The molecule has 0 saturated heterocycles. The highest BCUT2D eigenvalue weighted by molar-refractivity contribution is 5.85. The Morgan fingerprint density at radius 1 is 1.21 bits per heavy atom. The van der Waals surface area contributed by atoms with Gasteiger partial charge in [-0.25, -0.2) is 4.79 Å². The second-order valence-corrected chi connectivity index (χ2v) is 9.06. The number of hydrogen-bond donors (Lipinski definition) is 3. The van der Waals surface area contributed by atoms with Gasteiger partial charge in [0.25, 0.3) is 0 Å². The Kier molecular flexibility index (Phi) is 5.23. The Morgan fingerprint density at radius 2 is 1.83 bits per heavy atom. The fourth-order valence-electron chi connectivity index (χ4n) is 5.18. The Morgan fingerprint density at radius 3 is 2.38 bits per heavy atom. The molecule has 0 aromatic heterocycles. The molecule has 0 heterocycles. The van der Waals surface area contributed by atoms with Crippen molar-refractivity contribution in [1.82, 2.24) is 0 Å². The molecule has 3 N–H and O–H groups in total. The van der Waals surface area contributed by atoms with Crippen LogP contribution < -0.4 is 0 Å². The maximum atomic E-state index is 11.6. The number of fused-ring (bicyclic) bond motifs is 1. The molecule has 138 valence electrons. The summed E-state index contributed by atoms with van der Waals surface area (Å²) < 4.78 is 0. The first-order valence-corrected chi connectivity index (χ1v) is 9.28. The number of hydrogen-bond acceptors (Lipinski definition) is 3. The second-order valence-electron chi connectivity index (χ2n) is 9.06. The van der Waals surface area contributed by atoms with Crippen LogP contribution in [0.2, 0.25) is 0 Å². The van der Waals surface area contributed by atoms with E-state index in [-0.39, 0.29) is 17.3 Å². The minimum absolute atomic E-state index is 0.0308. The Bertz CT molecular complexity index is 522. The number of carbonyl (C=O) groups is 1. The summed E-state index contributed by atoms with van der Waals surface area (Å²) in [6.45, 7) is 9.95. The topological polar surface area (TPSA) is 77.8 Å². The lowest BCUT2D eigenvalue weighted by molar-refractivity contribution is -0.132. The normalized spacial score (nSPS) is 43.6. The average molecular weight is 338 g/mol. The minimum atomic E-state index is -0.910. The van der Waals surface area contributed by atoms with E-state index in [4.69, 9.17) is 5.11 Å². The lowest BCUT2D eigenvalue weighted by atomic mass is 9.66. The molecule has 5 atom stereocenters. The van der Waals surface area contributed by atoms with Crippen molar-refractivity contribution in [3.63, 3.8) is 0 Å². The first-order valence-electron chi connectivity index (χ1n) is 9.28. The van der Waals surface area contributed by atoms with E-state index in [9.17, 15) is 15.0 Å². The van der Waals surface area contributed by atoms with Crippen molar-refractivity contribution >= 4 is 5.97 Å². The van der Waals surface area contributed by atoms with E-state index < -0.39 is 17.2 Å². The van der Waals surface area contributed by atoms with E-state index >= 15 is 0 Å².